The summed E-state index contributed by atoms with van der Waals surface area (Å²) >= 11 is 3.29. The summed E-state index contributed by atoms with van der Waals surface area (Å²) < 4.78 is 0.879. The first-order valence-corrected chi connectivity index (χ1v) is 7.65. The molecule has 2 aromatic carbocycles. The lowest BCUT2D eigenvalue weighted by molar-refractivity contribution is -0.111. The maximum absolute atomic E-state index is 11.9. The van der Waals surface area contributed by atoms with Crippen LogP contribution >= 0.6 is 15.9 Å². The van der Waals surface area contributed by atoms with Gasteiger partial charge in [0.25, 0.3) is 0 Å². The fourth-order valence-corrected chi connectivity index (χ4v) is 2.10. The first-order chi connectivity index (χ1) is 11.0. The number of hydrogen-bond acceptors (Lipinski definition) is 3. The minimum Gasteiger partial charge on any atom is -0.323 e. The summed E-state index contributed by atoms with van der Waals surface area (Å²) in [6.45, 7) is 1.48. The summed E-state index contributed by atoms with van der Waals surface area (Å²) in [6, 6.07) is 13.4. The molecule has 0 saturated heterocycles. The molecular formula is C18H14BrNO3. The number of benzene rings is 2. The van der Waals surface area contributed by atoms with Crippen molar-refractivity contribution < 1.29 is 14.4 Å². The topological polar surface area (TPSA) is 63.2 Å². The largest absolute Gasteiger partial charge is 0.323 e. The fraction of sp³-hybridized carbons (Fsp3) is 0.0556. The van der Waals surface area contributed by atoms with Crippen LogP contribution in [-0.2, 0) is 4.79 Å². The molecule has 0 aromatic heterocycles. The Labute approximate surface area is 142 Å². The van der Waals surface area contributed by atoms with E-state index in [0.717, 1.165) is 4.47 Å². The molecule has 0 radical (unpaired) electrons. The lowest BCUT2D eigenvalue weighted by Gasteiger charge is -2.02. The zero-order chi connectivity index (χ0) is 16.8. The molecule has 0 atom stereocenters. The first kappa shape index (κ1) is 16.8. The summed E-state index contributed by atoms with van der Waals surface area (Å²) in [4.78, 5) is 34.9. The van der Waals surface area contributed by atoms with Crippen LogP contribution in [0.2, 0.25) is 0 Å². The van der Waals surface area contributed by atoms with Crippen molar-refractivity contribution in [3.8, 4) is 0 Å². The van der Waals surface area contributed by atoms with Crippen LogP contribution in [0.5, 0.6) is 0 Å². The molecule has 4 nitrogen and oxygen atoms in total. The van der Waals surface area contributed by atoms with Gasteiger partial charge in [-0.15, -0.1) is 0 Å². The van der Waals surface area contributed by atoms with Gasteiger partial charge in [-0.25, -0.2) is 0 Å². The molecule has 0 fully saturated rings. The van der Waals surface area contributed by atoms with Gasteiger partial charge in [0.2, 0.25) is 5.91 Å². The molecule has 116 valence electrons. The molecule has 5 heteroatoms. The Kier molecular flexibility index (Phi) is 5.60. The van der Waals surface area contributed by atoms with Crippen molar-refractivity contribution in [2.75, 3.05) is 5.32 Å². The van der Waals surface area contributed by atoms with Gasteiger partial charge in [0.05, 0.1) is 0 Å². The molecule has 0 aliphatic carbocycles. The molecule has 0 saturated carbocycles. The van der Waals surface area contributed by atoms with Gasteiger partial charge >= 0.3 is 0 Å². The van der Waals surface area contributed by atoms with Crippen LogP contribution in [0.3, 0.4) is 0 Å². The van der Waals surface area contributed by atoms with Crippen LogP contribution in [0, 0.1) is 0 Å². The molecule has 0 unspecified atom stereocenters. The Morgan fingerprint density at radius 1 is 0.870 bits per heavy atom. The number of anilines is 1. The number of ketones is 2. The Bertz CT molecular complexity index is 762. The third-order valence-corrected chi connectivity index (χ3v) is 3.60. The zero-order valence-corrected chi connectivity index (χ0v) is 14.0. The second-order valence-corrected chi connectivity index (χ2v) is 5.74. The zero-order valence-electron chi connectivity index (χ0n) is 12.4. The van der Waals surface area contributed by atoms with Crippen molar-refractivity contribution in [3.05, 3.63) is 76.3 Å². The predicted octanol–water partition coefficient (Wildman–Crippen LogP) is 4.03. The van der Waals surface area contributed by atoms with Crippen molar-refractivity contribution in [2.24, 2.45) is 0 Å². The van der Waals surface area contributed by atoms with E-state index >= 15 is 0 Å². The van der Waals surface area contributed by atoms with Crippen molar-refractivity contribution in [1.82, 2.24) is 0 Å². The minimum atomic E-state index is -0.411. The van der Waals surface area contributed by atoms with E-state index in [1.165, 1.54) is 19.1 Å². The van der Waals surface area contributed by atoms with Gasteiger partial charge in [-0.1, -0.05) is 15.9 Å². The van der Waals surface area contributed by atoms with Crippen LogP contribution < -0.4 is 5.32 Å². The van der Waals surface area contributed by atoms with Crippen molar-refractivity contribution in [2.45, 2.75) is 6.92 Å². The van der Waals surface area contributed by atoms with Crippen molar-refractivity contribution >= 4 is 39.1 Å². The van der Waals surface area contributed by atoms with Crippen LogP contribution in [0.25, 0.3) is 0 Å². The number of carbonyl (C=O) groups is 3. The number of nitrogens with one attached hydrogen (secondary N) is 1. The summed E-state index contributed by atoms with van der Waals surface area (Å²) in [5.41, 5.74) is 1.63. The van der Waals surface area contributed by atoms with Gasteiger partial charge in [0, 0.05) is 27.4 Å². The summed E-state index contributed by atoms with van der Waals surface area (Å²) in [5, 5.41) is 2.63. The summed E-state index contributed by atoms with van der Waals surface area (Å²) in [7, 11) is 0. The van der Waals surface area contributed by atoms with Crippen molar-refractivity contribution in [3.63, 3.8) is 0 Å². The standard InChI is InChI=1S/C18H14BrNO3/c1-12(21)13-4-8-16(9-5-13)20-18(23)11-10-17(22)14-2-6-15(19)7-3-14/h2-11H,1H3,(H,20,23)/b11-10+. The predicted molar refractivity (Wildman–Crippen MR) is 92.7 cm³/mol. The SMILES string of the molecule is CC(=O)c1ccc(NC(=O)/C=C/C(=O)c2ccc(Br)cc2)cc1. The quantitative estimate of drug-likeness (QED) is 0.637. The number of amides is 1. The number of allylic oxidation sites excluding steroid dienone is 1. The van der Waals surface area contributed by atoms with Crippen LogP contribution in [-0.4, -0.2) is 17.5 Å². The molecule has 2 aromatic rings. The lowest BCUT2D eigenvalue weighted by Crippen LogP contribution is -2.09. The second kappa shape index (κ2) is 7.65. The van der Waals surface area contributed by atoms with E-state index in [4.69, 9.17) is 0 Å². The highest BCUT2D eigenvalue weighted by atomic mass is 79.9. The Hall–Kier alpha value is -2.53. The van der Waals surface area contributed by atoms with E-state index in [2.05, 4.69) is 21.2 Å². The highest BCUT2D eigenvalue weighted by Crippen LogP contribution is 2.12. The number of hydrogen-bond donors (Lipinski definition) is 1. The molecule has 0 spiro atoms. The van der Waals surface area contributed by atoms with Crippen molar-refractivity contribution in [1.29, 1.82) is 0 Å². The van der Waals surface area contributed by atoms with Gasteiger partial charge in [-0.05, 0) is 61.5 Å². The van der Waals surface area contributed by atoms with Crippen LogP contribution in [0.4, 0.5) is 5.69 Å². The van der Waals surface area contributed by atoms with E-state index in [1.54, 1.807) is 48.5 Å². The number of Topliss-reactive ketones (excluding diaryl/α,β-unsaturated/α-hetero) is 1. The molecule has 0 aliphatic heterocycles. The van der Waals surface area contributed by atoms with Gasteiger partial charge in [0.1, 0.15) is 0 Å². The first-order valence-electron chi connectivity index (χ1n) is 6.85. The number of rotatable bonds is 5. The van der Waals surface area contributed by atoms with E-state index in [9.17, 15) is 14.4 Å². The molecule has 2 rings (SSSR count). The normalized spacial score (nSPS) is 10.5. The third kappa shape index (κ3) is 5.00. The monoisotopic (exact) mass is 371 g/mol. The molecule has 0 aliphatic rings. The molecular weight excluding hydrogens is 358 g/mol. The maximum Gasteiger partial charge on any atom is 0.248 e. The maximum atomic E-state index is 11.9. The number of carbonyl (C=O) groups excluding carboxylic acids is 3. The average molecular weight is 372 g/mol. The molecule has 1 amide bonds. The lowest BCUT2D eigenvalue weighted by atomic mass is 10.1. The Morgan fingerprint density at radius 2 is 1.43 bits per heavy atom. The highest BCUT2D eigenvalue weighted by molar-refractivity contribution is 9.10. The van der Waals surface area contributed by atoms with E-state index < -0.39 is 5.91 Å². The highest BCUT2D eigenvalue weighted by Gasteiger charge is 2.04. The minimum absolute atomic E-state index is 0.0390. The van der Waals surface area contributed by atoms with Gasteiger partial charge in [0.15, 0.2) is 11.6 Å². The Morgan fingerprint density at radius 3 is 2.00 bits per heavy atom. The summed E-state index contributed by atoms with van der Waals surface area (Å²) in [5.74, 6) is -0.700. The second-order valence-electron chi connectivity index (χ2n) is 4.83. The molecule has 0 bridgehead atoms. The average Bonchev–Trinajstić information content (AvgIpc) is 2.54. The third-order valence-electron chi connectivity index (χ3n) is 3.07. The number of halogens is 1. The van der Waals surface area contributed by atoms with E-state index in [0.29, 0.717) is 16.8 Å². The van der Waals surface area contributed by atoms with Gasteiger partial charge < -0.3 is 5.32 Å². The van der Waals surface area contributed by atoms with Gasteiger partial charge in [-0.3, -0.25) is 14.4 Å². The van der Waals surface area contributed by atoms with E-state index in [1.807, 2.05) is 0 Å². The van der Waals surface area contributed by atoms with Crippen LogP contribution in [0.15, 0.2) is 65.2 Å². The summed E-state index contributed by atoms with van der Waals surface area (Å²) in [6.07, 6.45) is 2.41. The Balaban J connectivity index is 1.97. The molecule has 23 heavy (non-hydrogen) atoms. The van der Waals surface area contributed by atoms with Crippen LogP contribution in [0.1, 0.15) is 27.6 Å². The fourth-order valence-electron chi connectivity index (χ4n) is 1.83. The smallest absolute Gasteiger partial charge is 0.248 e. The molecule has 1 N–H and O–H groups in total. The molecule has 0 heterocycles. The van der Waals surface area contributed by atoms with Gasteiger partial charge in [-0.2, -0.15) is 0 Å². The van der Waals surface area contributed by atoms with E-state index in [-0.39, 0.29) is 11.6 Å².